The average Bonchev–Trinajstić information content (AvgIpc) is 2.57. The molecular weight excluding hydrogens is 104 g/mol. The van der Waals surface area contributed by atoms with Crippen LogP contribution in [0.25, 0.3) is 5.82 Å². The summed E-state index contributed by atoms with van der Waals surface area (Å²) in [5, 5.41) is 0. The molecule has 0 unspecified atom stereocenters. The molecule has 0 spiro atoms. The highest BCUT2D eigenvalue weighted by molar-refractivity contribution is 5.52. The van der Waals surface area contributed by atoms with E-state index in [9.17, 15) is 0 Å². The summed E-state index contributed by atoms with van der Waals surface area (Å²) in [6.07, 6.45) is 0. The molecule has 8 heavy (non-hydrogen) atoms. The Morgan fingerprint density at radius 1 is 1.62 bits per heavy atom. The van der Waals surface area contributed by atoms with Crippen LogP contribution in [0.1, 0.15) is 5.69 Å². The highest BCUT2D eigenvalue weighted by Crippen LogP contribution is 2.37. The van der Waals surface area contributed by atoms with Crippen LogP contribution in [0.2, 0.25) is 0 Å². The molecule has 2 heterocycles. The largest absolute Gasteiger partial charge is 0.378 e. The predicted molar refractivity (Wildman–Crippen MR) is 29.0 cm³/mol. The molecule has 0 radical (unpaired) electrons. The van der Waals surface area contributed by atoms with Gasteiger partial charge in [-0.25, -0.2) is 4.68 Å². The van der Waals surface area contributed by atoms with Gasteiger partial charge in [0, 0.05) is 14.2 Å². The number of aromatic nitrogens is 2. The first kappa shape index (κ1) is 4.21. The molecule has 0 atom stereocenters. The van der Waals surface area contributed by atoms with Gasteiger partial charge in [0.25, 0.3) is 0 Å². The minimum atomic E-state index is 0.777. The van der Waals surface area contributed by atoms with E-state index in [0.717, 1.165) is 6.61 Å². The zero-order valence-corrected chi connectivity index (χ0v) is 5.01. The Labute approximate surface area is 47.4 Å². The van der Waals surface area contributed by atoms with Crippen LogP contribution in [0.5, 0.6) is 0 Å². The van der Waals surface area contributed by atoms with Crippen molar-refractivity contribution < 1.29 is 4.74 Å². The smallest absolute Gasteiger partial charge is 0.171 e. The lowest BCUT2D eigenvalue weighted by Crippen LogP contribution is -1.87. The molecule has 0 amide bonds. The van der Waals surface area contributed by atoms with Crippen LogP contribution >= 0.6 is 0 Å². The molecule has 44 valence electrons. The highest BCUT2D eigenvalue weighted by atomic mass is 16.5. The van der Waals surface area contributed by atoms with Gasteiger partial charge in [-0.05, 0) is 0 Å². The van der Waals surface area contributed by atoms with Gasteiger partial charge in [0.15, 0.2) is 5.82 Å². The van der Waals surface area contributed by atoms with Crippen LogP contribution in [0.4, 0.5) is 0 Å². The SMILES string of the molecule is COCc1c2n(C)n1-2. The summed E-state index contributed by atoms with van der Waals surface area (Å²) in [7, 11) is 3.75. The molecule has 2 aliphatic heterocycles. The number of rotatable bonds is 2. The quantitative estimate of drug-likeness (QED) is 0.546. The van der Waals surface area contributed by atoms with Crippen molar-refractivity contribution >= 4 is 0 Å². The van der Waals surface area contributed by atoms with E-state index in [4.69, 9.17) is 4.74 Å². The first-order chi connectivity index (χ1) is 3.86. The minimum Gasteiger partial charge on any atom is -0.378 e. The maximum absolute atomic E-state index is 4.89. The summed E-state index contributed by atoms with van der Waals surface area (Å²) in [6, 6.07) is 0. The van der Waals surface area contributed by atoms with E-state index in [1.807, 2.05) is 7.05 Å². The summed E-state index contributed by atoms with van der Waals surface area (Å²) in [5.41, 5.74) is 1.34. The Morgan fingerprint density at radius 3 is 2.62 bits per heavy atom. The zero-order chi connectivity index (χ0) is 5.72. The van der Waals surface area contributed by atoms with Crippen LogP contribution < -0.4 is 0 Å². The normalized spacial score (nSPS) is 12.8. The molecule has 2 aliphatic rings. The number of hydrogen-bond donors (Lipinski definition) is 0. The Balaban J connectivity index is 2.03. The van der Waals surface area contributed by atoms with Gasteiger partial charge in [-0.2, -0.15) is 0 Å². The first-order valence-corrected chi connectivity index (χ1v) is 2.62. The molecule has 0 saturated heterocycles. The number of ether oxygens (including phenoxy) is 1. The summed E-state index contributed by atoms with van der Waals surface area (Å²) >= 11 is 0. The van der Waals surface area contributed by atoms with Crippen molar-refractivity contribution in [2.45, 2.75) is 6.61 Å². The molecule has 0 bridgehead atoms. The third-order valence-corrected chi connectivity index (χ3v) is 1.51. The van der Waals surface area contributed by atoms with Crippen molar-refractivity contribution in [2.24, 2.45) is 7.05 Å². The van der Waals surface area contributed by atoms with Gasteiger partial charge in [0.1, 0.15) is 5.69 Å². The number of nitrogens with zero attached hydrogens (tertiary/aromatic N) is 2. The van der Waals surface area contributed by atoms with Gasteiger partial charge in [-0.15, -0.1) is 0 Å². The van der Waals surface area contributed by atoms with Crippen LogP contribution in [0, 0.1) is 0 Å². The van der Waals surface area contributed by atoms with Gasteiger partial charge in [0.05, 0.1) is 6.61 Å². The van der Waals surface area contributed by atoms with Crippen LogP contribution in [0.15, 0.2) is 0 Å². The number of methoxy groups -OCH3 is 1. The van der Waals surface area contributed by atoms with Gasteiger partial charge in [0.2, 0.25) is 0 Å². The van der Waals surface area contributed by atoms with Crippen molar-refractivity contribution in [3.05, 3.63) is 5.69 Å². The molecule has 3 heteroatoms. The van der Waals surface area contributed by atoms with E-state index < -0.39 is 0 Å². The van der Waals surface area contributed by atoms with E-state index >= 15 is 0 Å². The second kappa shape index (κ2) is 1.00. The fourth-order valence-electron chi connectivity index (χ4n) is 0.983. The second-order valence-corrected chi connectivity index (χ2v) is 2.04. The lowest BCUT2D eigenvalue weighted by Gasteiger charge is -1.86. The van der Waals surface area contributed by atoms with Crippen molar-refractivity contribution in [3.63, 3.8) is 0 Å². The number of hydrogen-bond acceptors (Lipinski definition) is 1. The lowest BCUT2D eigenvalue weighted by atomic mass is 10.6. The summed E-state index contributed by atoms with van der Waals surface area (Å²) in [5.74, 6) is 1.35. The van der Waals surface area contributed by atoms with E-state index in [0.29, 0.717) is 0 Å². The van der Waals surface area contributed by atoms with Crippen molar-refractivity contribution in [1.29, 1.82) is 0 Å². The molecule has 0 aromatic rings. The van der Waals surface area contributed by atoms with Gasteiger partial charge in [-0.3, -0.25) is 4.68 Å². The van der Waals surface area contributed by atoms with E-state index in [1.54, 1.807) is 7.11 Å². The summed E-state index contributed by atoms with van der Waals surface area (Å²) in [6.45, 7) is 0.777. The summed E-state index contributed by atoms with van der Waals surface area (Å²) in [4.78, 5) is 0. The van der Waals surface area contributed by atoms with Crippen molar-refractivity contribution in [3.8, 4) is 5.82 Å². The Kier molecular flexibility index (Phi) is 0.526. The van der Waals surface area contributed by atoms with Crippen LogP contribution in [0.3, 0.4) is 0 Å². The molecule has 0 N–H and O–H groups in total. The predicted octanol–water partition coefficient (Wildman–Crippen LogP) is 0.276. The molecule has 0 aromatic carbocycles. The monoisotopic (exact) mass is 112 g/mol. The first-order valence-electron chi connectivity index (χ1n) is 2.62. The van der Waals surface area contributed by atoms with Crippen LogP contribution in [-0.2, 0) is 18.4 Å². The number of aryl methyl sites for hydroxylation is 1. The molecule has 0 aliphatic carbocycles. The number of fused-ring (bicyclic) bond motifs is 1. The maximum Gasteiger partial charge on any atom is 0.171 e. The third-order valence-electron chi connectivity index (χ3n) is 1.51. The zero-order valence-electron chi connectivity index (χ0n) is 5.01. The third kappa shape index (κ3) is 0.293. The van der Waals surface area contributed by atoms with E-state index in [2.05, 4.69) is 9.36 Å². The second-order valence-electron chi connectivity index (χ2n) is 2.04. The van der Waals surface area contributed by atoms with Gasteiger partial charge < -0.3 is 4.74 Å². The van der Waals surface area contributed by atoms with E-state index in [1.165, 1.54) is 11.5 Å². The Bertz CT molecular complexity index is 203. The Hall–Kier alpha value is -0.700. The highest BCUT2D eigenvalue weighted by Gasteiger charge is 2.37. The van der Waals surface area contributed by atoms with E-state index in [-0.39, 0.29) is 0 Å². The maximum atomic E-state index is 4.89. The minimum absolute atomic E-state index is 0.777. The Morgan fingerprint density at radius 2 is 2.25 bits per heavy atom. The molecule has 3 nitrogen and oxygen atoms in total. The summed E-state index contributed by atoms with van der Waals surface area (Å²) < 4.78 is 9.11. The average molecular weight is 112 g/mol. The van der Waals surface area contributed by atoms with Crippen LogP contribution in [-0.4, -0.2) is 16.5 Å². The van der Waals surface area contributed by atoms with Crippen molar-refractivity contribution in [1.82, 2.24) is 9.36 Å². The fourth-order valence-corrected chi connectivity index (χ4v) is 0.983. The molecule has 0 fully saturated rings. The molecule has 0 saturated carbocycles. The lowest BCUT2D eigenvalue weighted by molar-refractivity contribution is 0.184. The standard InChI is InChI=1S/C5H8N2O/c1-6-5-4(3-8-2)7(5)6/h3H2,1-2H3. The van der Waals surface area contributed by atoms with Gasteiger partial charge >= 0.3 is 0 Å². The molecule has 2 rings (SSSR count). The topological polar surface area (TPSA) is 19.1 Å². The van der Waals surface area contributed by atoms with Gasteiger partial charge in [-0.1, -0.05) is 0 Å². The molecular formula is C5H8N2O. The van der Waals surface area contributed by atoms with Crippen molar-refractivity contribution in [2.75, 3.05) is 7.11 Å². The molecule has 0 aromatic heterocycles. The fraction of sp³-hybridized carbons (Fsp3) is 0.600.